The Balaban J connectivity index is 1.85. The first-order valence-corrected chi connectivity index (χ1v) is 7.66. The molecule has 0 spiro atoms. The van der Waals surface area contributed by atoms with E-state index in [0.717, 1.165) is 56.8 Å². The lowest BCUT2D eigenvalue weighted by atomic mass is 9.86. The topological polar surface area (TPSA) is 34.4 Å². The highest BCUT2D eigenvalue weighted by atomic mass is 16.5. The van der Waals surface area contributed by atoms with Gasteiger partial charge in [-0.05, 0) is 37.8 Å². The first kappa shape index (κ1) is 14.6. The number of hydrogen-bond acceptors (Lipinski definition) is 3. The minimum atomic E-state index is 0.0909. The number of aryl methyl sites for hydroxylation is 1. The number of rotatable bonds is 6. The molecule has 1 aliphatic rings. The summed E-state index contributed by atoms with van der Waals surface area (Å²) in [6, 6.07) is 4.70. The average Bonchev–Trinajstić information content (AvgIpc) is 2.93. The normalized spacial score (nSPS) is 22.6. The summed E-state index contributed by atoms with van der Waals surface area (Å²) < 4.78 is 11.7. The van der Waals surface area contributed by atoms with Crippen LogP contribution in [0.15, 0.2) is 16.5 Å². The second-order valence-corrected chi connectivity index (χ2v) is 5.53. The van der Waals surface area contributed by atoms with E-state index in [9.17, 15) is 0 Å². The van der Waals surface area contributed by atoms with Crippen LogP contribution in [-0.4, -0.2) is 18.2 Å². The summed E-state index contributed by atoms with van der Waals surface area (Å²) in [5, 5.41) is 3.62. The third kappa shape index (κ3) is 3.61. The maximum atomic E-state index is 6.00. The van der Waals surface area contributed by atoms with Crippen molar-refractivity contribution in [3.05, 3.63) is 23.7 Å². The monoisotopic (exact) mass is 265 g/mol. The average molecular weight is 265 g/mol. The molecule has 0 aliphatic carbocycles. The van der Waals surface area contributed by atoms with Gasteiger partial charge in [-0.3, -0.25) is 0 Å². The first-order chi connectivity index (χ1) is 9.21. The van der Waals surface area contributed by atoms with E-state index < -0.39 is 0 Å². The van der Waals surface area contributed by atoms with Crippen LogP contribution in [-0.2, 0) is 17.7 Å². The summed E-state index contributed by atoms with van der Waals surface area (Å²) in [7, 11) is 0. The lowest BCUT2D eigenvalue weighted by molar-refractivity contribution is -0.0933. The Morgan fingerprint density at radius 2 is 1.95 bits per heavy atom. The van der Waals surface area contributed by atoms with Gasteiger partial charge in [-0.15, -0.1) is 0 Å². The molecule has 1 fully saturated rings. The van der Waals surface area contributed by atoms with Crippen LogP contribution in [0, 0.1) is 0 Å². The van der Waals surface area contributed by atoms with E-state index in [0.29, 0.717) is 6.04 Å². The van der Waals surface area contributed by atoms with Crippen molar-refractivity contribution >= 4 is 0 Å². The Morgan fingerprint density at radius 1 is 1.21 bits per heavy atom. The Bertz CT molecular complexity index is 382. The van der Waals surface area contributed by atoms with E-state index in [1.165, 1.54) is 0 Å². The van der Waals surface area contributed by atoms with Gasteiger partial charge in [0.1, 0.15) is 11.5 Å². The zero-order chi connectivity index (χ0) is 13.7. The summed E-state index contributed by atoms with van der Waals surface area (Å²) in [5.41, 5.74) is 0.0909. The molecule has 0 amide bonds. The van der Waals surface area contributed by atoms with Crippen molar-refractivity contribution < 1.29 is 9.15 Å². The molecule has 1 atom stereocenters. The van der Waals surface area contributed by atoms with E-state index in [1.807, 2.05) is 0 Å². The van der Waals surface area contributed by atoms with Crippen LogP contribution in [0.5, 0.6) is 0 Å². The fraction of sp³-hybridized carbons (Fsp3) is 0.750. The van der Waals surface area contributed by atoms with Crippen LogP contribution in [0.25, 0.3) is 0 Å². The van der Waals surface area contributed by atoms with Gasteiger partial charge in [0.25, 0.3) is 0 Å². The van der Waals surface area contributed by atoms with Gasteiger partial charge in [0.15, 0.2) is 0 Å². The molecule has 0 aromatic carbocycles. The maximum Gasteiger partial charge on any atom is 0.117 e. The van der Waals surface area contributed by atoms with E-state index in [1.54, 1.807) is 0 Å². The standard InChI is InChI=1S/C16H27NO2/c1-4-14-7-8-15(19-14)12-17-13-9-10-18-16(5-2,6-3)11-13/h7-8,13,17H,4-6,9-12H2,1-3H3. The Hall–Kier alpha value is -0.800. The molecule has 1 saturated heterocycles. The van der Waals surface area contributed by atoms with Gasteiger partial charge < -0.3 is 14.5 Å². The molecule has 0 saturated carbocycles. The molecule has 1 aromatic rings. The Kier molecular flexibility index (Phi) is 5.06. The van der Waals surface area contributed by atoms with E-state index in [-0.39, 0.29) is 5.60 Å². The Labute approximate surface area is 116 Å². The van der Waals surface area contributed by atoms with E-state index >= 15 is 0 Å². The van der Waals surface area contributed by atoms with Crippen LogP contribution in [0.1, 0.15) is 58.0 Å². The molecule has 0 bridgehead atoms. The molecule has 2 heterocycles. The predicted octanol–water partition coefficient (Wildman–Crippen LogP) is 3.67. The maximum absolute atomic E-state index is 6.00. The molecular weight excluding hydrogens is 238 g/mol. The smallest absolute Gasteiger partial charge is 0.117 e. The second kappa shape index (κ2) is 6.58. The summed E-state index contributed by atoms with van der Waals surface area (Å²) >= 11 is 0. The number of furan rings is 1. The van der Waals surface area contributed by atoms with Gasteiger partial charge in [-0.25, -0.2) is 0 Å². The van der Waals surface area contributed by atoms with Gasteiger partial charge in [-0.2, -0.15) is 0 Å². The molecular formula is C16H27NO2. The molecule has 1 unspecified atom stereocenters. The van der Waals surface area contributed by atoms with Gasteiger partial charge in [0, 0.05) is 19.1 Å². The summed E-state index contributed by atoms with van der Waals surface area (Å²) in [4.78, 5) is 0. The summed E-state index contributed by atoms with van der Waals surface area (Å²) in [6.07, 6.45) is 5.38. The lowest BCUT2D eigenvalue weighted by Gasteiger charge is -2.40. The molecule has 3 heteroatoms. The number of ether oxygens (including phenoxy) is 1. The molecule has 2 rings (SSSR count). The second-order valence-electron chi connectivity index (χ2n) is 5.53. The van der Waals surface area contributed by atoms with Gasteiger partial charge in [0.2, 0.25) is 0 Å². The van der Waals surface area contributed by atoms with E-state index in [2.05, 4.69) is 38.2 Å². The van der Waals surface area contributed by atoms with Crippen LogP contribution >= 0.6 is 0 Å². The third-order valence-electron chi connectivity index (χ3n) is 4.41. The minimum Gasteiger partial charge on any atom is -0.465 e. The number of nitrogens with one attached hydrogen (secondary N) is 1. The molecule has 108 valence electrons. The van der Waals surface area contributed by atoms with Crippen LogP contribution in [0.3, 0.4) is 0 Å². The fourth-order valence-electron chi connectivity index (χ4n) is 2.90. The van der Waals surface area contributed by atoms with Gasteiger partial charge in [-0.1, -0.05) is 20.8 Å². The molecule has 1 aliphatic heterocycles. The highest BCUT2D eigenvalue weighted by molar-refractivity contribution is 5.07. The van der Waals surface area contributed by atoms with Crippen molar-refractivity contribution in [3.63, 3.8) is 0 Å². The highest BCUT2D eigenvalue weighted by Gasteiger charge is 2.34. The Morgan fingerprint density at radius 3 is 2.58 bits per heavy atom. The predicted molar refractivity (Wildman–Crippen MR) is 77.2 cm³/mol. The van der Waals surface area contributed by atoms with Gasteiger partial charge >= 0.3 is 0 Å². The number of hydrogen-bond donors (Lipinski definition) is 1. The largest absolute Gasteiger partial charge is 0.465 e. The lowest BCUT2D eigenvalue weighted by Crippen LogP contribution is -2.46. The van der Waals surface area contributed by atoms with Crippen LogP contribution < -0.4 is 5.32 Å². The highest BCUT2D eigenvalue weighted by Crippen LogP contribution is 2.31. The van der Waals surface area contributed by atoms with Crippen LogP contribution in [0.2, 0.25) is 0 Å². The molecule has 1 N–H and O–H groups in total. The van der Waals surface area contributed by atoms with Crippen molar-refractivity contribution in [1.82, 2.24) is 5.32 Å². The van der Waals surface area contributed by atoms with Crippen molar-refractivity contribution in [3.8, 4) is 0 Å². The molecule has 0 radical (unpaired) electrons. The van der Waals surface area contributed by atoms with E-state index in [4.69, 9.17) is 9.15 Å². The van der Waals surface area contributed by atoms with Crippen molar-refractivity contribution in [2.45, 2.75) is 71.1 Å². The summed E-state index contributed by atoms with van der Waals surface area (Å²) in [5.74, 6) is 2.11. The summed E-state index contributed by atoms with van der Waals surface area (Å²) in [6.45, 7) is 8.27. The first-order valence-electron chi connectivity index (χ1n) is 7.66. The minimum absolute atomic E-state index is 0.0909. The zero-order valence-corrected chi connectivity index (χ0v) is 12.5. The molecule has 3 nitrogen and oxygen atoms in total. The fourth-order valence-corrected chi connectivity index (χ4v) is 2.90. The van der Waals surface area contributed by atoms with Gasteiger partial charge in [0.05, 0.1) is 12.1 Å². The zero-order valence-electron chi connectivity index (χ0n) is 12.5. The SMILES string of the molecule is CCc1ccc(CNC2CCOC(CC)(CC)C2)o1. The van der Waals surface area contributed by atoms with Crippen molar-refractivity contribution in [1.29, 1.82) is 0 Å². The van der Waals surface area contributed by atoms with Crippen LogP contribution in [0.4, 0.5) is 0 Å². The molecule has 19 heavy (non-hydrogen) atoms. The third-order valence-corrected chi connectivity index (χ3v) is 4.41. The van der Waals surface area contributed by atoms with Crippen molar-refractivity contribution in [2.75, 3.05) is 6.61 Å². The molecule has 1 aromatic heterocycles. The quantitative estimate of drug-likeness (QED) is 0.852. The van der Waals surface area contributed by atoms with Crippen molar-refractivity contribution in [2.24, 2.45) is 0 Å².